The molecule has 118 valence electrons. The molecule has 22 heavy (non-hydrogen) atoms. The van der Waals surface area contributed by atoms with E-state index in [-0.39, 0.29) is 23.9 Å². The molecule has 0 spiro atoms. The highest BCUT2D eigenvalue weighted by Gasteiger charge is 2.23. The van der Waals surface area contributed by atoms with Gasteiger partial charge in [-0.25, -0.2) is 9.07 Å². The molecule has 2 aromatic rings. The molecule has 5 nitrogen and oxygen atoms in total. The van der Waals surface area contributed by atoms with Crippen molar-refractivity contribution in [2.24, 2.45) is 0 Å². The third-order valence-electron chi connectivity index (χ3n) is 3.90. The zero-order chi connectivity index (χ0) is 15.7. The van der Waals surface area contributed by atoms with Crippen molar-refractivity contribution < 1.29 is 9.13 Å². The quantitative estimate of drug-likeness (QED) is 0.918. The molecule has 0 bridgehead atoms. The molecular weight excluding hydrogens is 307 g/mol. The maximum absolute atomic E-state index is 13.1. The summed E-state index contributed by atoms with van der Waals surface area (Å²) in [5, 5.41) is 12.2. The first-order chi connectivity index (χ1) is 10.5. The van der Waals surface area contributed by atoms with Gasteiger partial charge in [-0.1, -0.05) is 22.9 Å². The van der Waals surface area contributed by atoms with Crippen LogP contribution in [-0.4, -0.2) is 28.2 Å². The molecule has 7 heteroatoms. The molecule has 1 aliphatic heterocycles. The van der Waals surface area contributed by atoms with E-state index >= 15 is 0 Å². The van der Waals surface area contributed by atoms with Crippen LogP contribution in [0.5, 0.6) is 0 Å². The smallest absolute Gasteiger partial charge is 0.124 e. The van der Waals surface area contributed by atoms with Gasteiger partial charge in [0.15, 0.2) is 0 Å². The fraction of sp³-hybridized carbons (Fsp3) is 0.467. The number of nitrogens with one attached hydrogen (secondary N) is 1. The summed E-state index contributed by atoms with van der Waals surface area (Å²) in [6.07, 6.45) is 1.93. The number of benzene rings is 1. The predicted octanol–water partition coefficient (Wildman–Crippen LogP) is 3.05. The van der Waals surface area contributed by atoms with Gasteiger partial charge in [0.1, 0.15) is 11.9 Å². The molecule has 1 N–H and O–H groups in total. The second-order valence-corrected chi connectivity index (χ2v) is 6.00. The first kappa shape index (κ1) is 15.4. The van der Waals surface area contributed by atoms with Crippen LogP contribution in [0.4, 0.5) is 4.39 Å². The maximum Gasteiger partial charge on any atom is 0.124 e. The van der Waals surface area contributed by atoms with Gasteiger partial charge in [0, 0.05) is 11.1 Å². The van der Waals surface area contributed by atoms with E-state index in [1.165, 1.54) is 12.1 Å². The number of halogens is 2. The van der Waals surface area contributed by atoms with Gasteiger partial charge in [-0.15, -0.1) is 5.10 Å². The second kappa shape index (κ2) is 6.32. The largest absolute Gasteiger partial charge is 0.377 e. The Kier molecular flexibility index (Phi) is 4.42. The van der Waals surface area contributed by atoms with Gasteiger partial charge >= 0.3 is 0 Å². The molecule has 3 rings (SSSR count). The molecule has 1 aromatic carbocycles. The van der Waals surface area contributed by atoms with Gasteiger partial charge in [-0.3, -0.25) is 0 Å². The van der Waals surface area contributed by atoms with Gasteiger partial charge in [0.05, 0.1) is 31.1 Å². The lowest BCUT2D eigenvalue weighted by molar-refractivity contribution is -0.0294. The number of ether oxygens (including phenoxy) is 1. The Labute approximate surface area is 133 Å². The lowest BCUT2D eigenvalue weighted by Gasteiger charge is -2.25. The Hall–Kier alpha value is -1.50. The van der Waals surface area contributed by atoms with Crippen LogP contribution in [0, 0.1) is 5.82 Å². The summed E-state index contributed by atoms with van der Waals surface area (Å²) in [5.74, 6) is -0.334. The third-order valence-corrected chi connectivity index (χ3v) is 4.22. The van der Waals surface area contributed by atoms with Crippen molar-refractivity contribution in [3.05, 3.63) is 46.5 Å². The van der Waals surface area contributed by atoms with E-state index in [0.717, 1.165) is 11.3 Å². The summed E-state index contributed by atoms with van der Waals surface area (Å²) in [4.78, 5) is 0. The SMILES string of the molecule is CC(N[C@H](C)c1ccc(F)cc1Cl)c1cn(C2COC2)nn1. The van der Waals surface area contributed by atoms with Crippen LogP contribution in [-0.2, 0) is 4.74 Å². The molecule has 1 aliphatic rings. The highest BCUT2D eigenvalue weighted by atomic mass is 35.5. The maximum atomic E-state index is 13.1. The van der Waals surface area contributed by atoms with Crippen LogP contribution < -0.4 is 5.32 Å². The zero-order valence-corrected chi connectivity index (χ0v) is 13.2. The van der Waals surface area contributed by atoms with Crippen LogP contribution >= 0.6 is 11.6 Å². The number of hydrogen-bond donors (Lipinski definition) is 1. The lowest BCUT2D eigenvalue weighted by Crippen LogP contribution is -2.31. The van der Waals surface area contributed by atoms with Crippen molar-refractivity contribution in [1.82, 2.24) is 20.3 Å². The van der Waals surface area contributed by atoms with Crippen molar-refractivity contribution in [2.75, 3.05) is 13.2 Å². The number of aromatic nitrogens is 3. The zero-order valence-electron chi connectivity index (χ0n) is 12.5. The molecule has 0 radical (unpaired) electrons. The van der Waals surface area contributed by atoms with Crippen LogP contribution in [0.25, 0.3) is 0 Å². The summed E-state index contributed by atoms with van der Waals surface area (Å²) < 4.78 is 20.1. The Morgan fingerprint density at radius 1 is 1.36 bits per heavy atom. The van der Waals surface area contributed by atoms with E-state index in [0.29, 0.717) is 18.2 Å². The summed E-state index contributed by atoms with van der Waals surface area (Å²) in [7, 11) is 0. The average molecular weight is 325 g/mol. The number of rotatable bonds is 5. The van der Waals surface area contributed by atoms with E-state index in [4.69, 9.17) is 16.3 Å². The minimum absolute atomic E-state index is 0.00543. The van der Waals surface area contributed by atoms with Crippen molar-refractivity contribution >= 4 is 11.6 Å². The fourth-order valence-electron chi connectivity index (χ4n) is 2.45. The van der Waals surface area contributed by atoms with Gasteiger partial charge in [0.25, 0.3) is 0 Å². The Bertz CT molecular complexity index is 659. The van der Waals surface area contributed by atoms with E-state index in [2.05, 4.69) is 15.6 Å². The van der Waals surface area contributed by atoms with Crippen LogP contribution in [0.2, 0.25) is 5.02 Å². The van der Waals surface area contributed by atoms with Gasteiger partial charge in [-0.05, 0) is 31.5 Å². The van der Waals surface area contributed by atoms with Gasteiger partial charge in [0.2, 0.25) is 0 Å². The van der Waals surface area contributed by atoms with Gasteiger partial charge < -0.3 is 10.1 Å². The van der Waals surface area contributed by atoms with Crippen LogP contribution in [0.15, 0.2) is 24.4 Å². The van der Waals surface area contributed by atoms with Crippen molar-refractivity contribution in [3.8, 4) is 0 Å². The summed E-state index contributed by atoms with van der Waals surface area (Å²) >= 11 is 6.10. The standard InChI is InChI=1S/C15H18ClFN4O/c1-9(13-4-3-11(17)5-14(13)16)18-10(2)15-6-21(20-19-15)12-7-22-8-12/h3-6,9-10,12,18H,7-8H2,1-2H3/t9-,10?/m1/s1. The van der Waals surface area contributed by atoms with Crippen LogP contribution in [0.3, 0.4) is 0 Å². The normalized spacial score (nSPS) is 18.0. The highest BCUT2D eigenvalue weighted by molar-refractivity contribution is 6.31. The van der Waals surface area contributed by atoms with Gasteiger partial charge in [-0.2, -0.15) is 0 Å². The Balaban J connectivity index is 1.67. The van der Waals surface area contributed by atoms with Crippen molar-refractivity contribution in [3.63, 3.8) is 0 Å². The van der Waals surface area contributed by atoms with E-state index < -0.39 is 0 Å². The highest BCUT2D eigenvalue weighted by Crippen LogP contribution is 2.26. The molecular formula is C15H18ClFN4O. The summed E-state index contributed by atoms with van der Waals surface area (Å²) in [6, 6.07) is 4.71. The summed E-state index contributed by atoms with van der Waals surface area (Å²) in [5.41, 5.74) is 1.71. The first-order valence-electron chi connectivity index (χ1n) is 7.25. The Morgan fingerprint density at radius 3 is 2.77 bits per heavy atom. The van der Waals surface area contributed by atoms with E-state index in [1.54, 1.807) is 6.07 Å². The third kappa shape index (κ3) is 3.14. The fourth-order valence-corrected chi connectivity index (χ4v) is 2.78. The molecule has 2 heterocycles. The Morgan fingerprint density at radius 2 is 2.14 bits per heavy atom. The lowest BCUT2D eigenvalue weighted by atomic mass is 10.1. The molecule has 0 amide bonds. The average Bonchev–Trinajstić information content (AvgIpc) is 2.85. The monoisotopic (exact) mass is 324 g/mol. The molecule has 0 aliphatic carbocycles. The molecule has 1 unspecified atom stereocenters. The van der Waals surface area contributed by atoms with E-state index in [9.17, 15) is 4.39 Å². The molecule has 0 saturated carbocycles. The molecule has 1 saturated heterocycles. The number of nitrogens with zero attached hydrogens (tertiary/aromatic N) is 3. The first-order valence-corrected chi connectivity index (χ1v) is 7.63. The molecule has 1 aromatic heterocycles. The molecule has 2 atom stereocenters. The predicted molar refractivity (Wildman–Crippen MR) is 81.3 cm³/mol. The van der Waals surface area contributed by atoms with Crippen LogP contribution in [0.1, 0.15) is 43.2 Å². The summed E-state index contributed by atoms with van der Waals surface area (Å²) in [6.45, 7) is 5.37. The van der Waals surface area contributed by atoms with E-state index in [1.807, 2.05) is 24.7 Å². The minimum atomic E-state index is -0.334. The minimum Gasteiger partial charge on any atom is -0.377 e. The second-order valence-electron chi connectivity index (χ2n) is 5.59. The molecule has 1 fully saturated rings. The van der Waals surface area contributed by atoms with Crippen molar-refractivity contribution in [1.29, 1.82) is 0 Å². The topological polar surface area (TPSA) is 52.0 Å². The van der Waals surface area contributed by atoms with Crippen molar-refractivity contribution in [2.45, 2.75) is 32.0 Å². The number of hydrogen-bond acceptors (Lipinski definition) is 4.